The van der Waals surface area contributed by atoms with Crippen molar-refractivity contribution in [1.29, 1.82) is 0 Å². The fourth-order valence-corrected chi connectivity index (χ4v) is 14.2. The van der Waals surface area contributed by atoms with E-state index in [2.05, 4.69) is 96.9 Å². The molecule has 0 radical (unpaired) electrons. The Morgan fingerprint density at radius 1 is 0.465 bits per heavy atom. The molecule has 0 bridgehead atoms. The van der Waals surface area contributed by atoms with Gasteiger partial charge in [0.25, 0.3) is 0 Å². The van der Waals surface area contributed by atoms with Gasteiger partial charge < -0.3 is 9.80 Å². The average molecular weight is 1230 g/mol. The molecule has 86 heavy (non-hydrogen) atoms. The van der Waals surface area contributed by atoms with Gasteiger partial charge in [-0.3, -0.25) is 0 Å². The van der Waals surface area contributed by atoms with E-state index >= 15 is 0 Å². The summed E-state index contributed by atoms with van der Waals surface area (Å²) in [6.07, 6.45) is 17.7. The minimum atomic E-state index is -3.88. The van der Waals surface area contributed by atoms with Gasteiger partial charge in [0.2, 0.25) is 20.0 Å². The minimum Gasteiger partial charge on any atom is -0.361 e. The molecule has 0 saturated heterocycles. The van der Waals surface area contributed by atoms with Gasteiger partial charge in [-0.05, 0) is 85.8 Å². The highest BCUT2D eigenvalue weighted by Crippen LogP contribution is 2.43. The van der Waals surface area contributed by atoms with Gasteiger partial charge in [0, 0.05) is 71.3 Å². The maximum absolute atomic E-state index is 14.8. The molecule has 2 aromatic carbocycles. The molecule has 3 aromatic heterocycles. The maximum Gasteiger partial charge on any atom is 0.243 e. The normalized spacial score (nSPS) is 14.3. The number of unbranched alkanes of at least 4 members (excludes halogenated alkanes) is 4. The zero-order valence-electron chi connectivity index (χ0n) is 55.9. The van der Waals surface area contributed by atoms with E-state index in [9.17, 15) is 16.8 Å². The first-order valence-corrected chi connectivity index (χ1v) is 35.1. The van der Waals surface area contributed by atoms with Gasteiger partial charge in [-0.1, -0.05) is 186 Å². The van der Waals surface area contributed by atoms with Crippen molar-refractivity contribution in [2.45, 2.75) is 220 Å². The molecule has 0 spiro atoms. The van der Waals surface area contributed by atoms with E-state index in [1.807, 2.05) is 44.1 Å². The Kier molecular flexibility index (Phi) is 27.1. The molecule has 0 N–H and O–H groups in total. The fraction of sp³-hybridized carbons (Fsp3) is 0.667. The van der Waals surface area contributed by atoms with Crippen LogP contribution in [0.5, 0.6) is 0 Å². The standard InChI is InChI=1S/C66H108N14O4S2/c1-19-27-33-49(23-5)44-77(45-50(24-6)34-28-20-2)85(81,82)55-39-31-37-53(41-55)69-71-59-61(65(9,10)11)73-79(63(59)75(15)16)57-43-58(68-48-67-57)80-64(76(17)18)60(62(74-80)66(12,13)14)72-70-54-38-32-40-56(42-54)86(83,84)78(46-51(25-7)35-29-21-3)47-52(26-8)36-30-22-4/h31-32,37-43,48-52H,19-30,33-36,44-47H2,1-18H3. The van der Waals surface area contributed by atoms with Gasteiger partial charge in [0.1, 0.15) is 6.33 Å². The van der Waals surface area contributed by atoms with E-state index in [4.69, 9.17) is 40.6 Å². The predicted molar refractivity (Wildman–Crippen MR) is 354 cm³/mol. The lowest BCUT2D eigenvalue weighted by atomic mass is 9.91. The first-order valence-electron chi connectivity index (χ1n) is 32.2. The Morgan fingerprint density at radius 3 is 1.05 bits per heavy atom. The van der Waals surface area contributed by atoms with Crippen LogP contribution < -0.4 is 9.80 Å². The number of nitrogens with zero attached hydrogens (tertiary/aromatic N) is 14. The maximum atomic E-state index is 14.8. The summed E-state index contributed by atoms with van der Waals surface area (Å²) >= 11 is 0. The topological polar surface area (TPSA) is 192 Å². The van der Waals surface area contributed by atoms with Crippen molar-refractivity contribution in [3.63, 3.8) is 0 Å². The van der Waals surface area contributed by atoms with Crippen LogP contribution in [0.3, 0.4) is 0 Å². The first kappa shape index (κ1) is 71.3. The summed E-state index contributed by atoms with van der Waals surface area (Å²) in [5, 5.41) is 29.8. The Labute approximate surface area is 519 Å². The van der Waals surface area contributed by atoms with Crippen LogP contribution in [0.25, 0.3) is 11.6 Å². The molecule has 478 valence electrons. The average Bonchev–Trinajstić information content (AvgIpc) is 1.98. The van der Waals surface area contributed by atoms with Crippen LogP contribution in [0.4, 0.5) is 34.4 Å². The second-order valence-electron chi connectivity index (χ2n) is 26.1. The van der Waals surface area contributed by atoms with E-state index in [-0.39, 0.29) is 33.5 Å². The largest absolute Gasteiger partial charge is 0.361 e. The number of anilines is 2. The summed E-state index contributed by atoms with van der Waals surface area (Å²) in [5.74, 6) is 3.14. The van der Waals surface area contributed by atoms with Crippen molar-refractivity contribution in [1.82, 2.24) is 38.1 Å². The Bertz CT molecular complexity index is 2950. The van der Waals surface area contributed by atoms with Crippen LogP contribution in [0.15, 0.2) is 91.2 Å². The Morgan fingerprint density at radius 2 is 0.779 bits per heavy atom. The summed E-state index contributed by atoms with van der Waals surface area (Å²) in [6, 6.07) is 15.5. The molecule has 0 aliphatic heterocycles. The molecule has 18 nitrogen and oxygen atoms in total. The molecule has 0 fully saturated rings. The highest BCUT2D eigenvalue weighted by Gasteiger charge is 2.34. The van der Waals surface area contributed by atoms with Gasteiger partial charge in [-0.15, -0.1) is 10.2 Å². The lowest BCUT2D eigenvalue weighted by Gasteiger charge is -2.30. The zero-order valence-corrected chi connectivity index (χ0v) is 57.6. The fourth-order valence-electron chi connectivity index (χ4n) is 11.0. The first-order chi connectivity index (χ1) is 40.7. The van der Waals surface area contributed by atoms with Crippen LogP contribution in [0.2, 0.25) is 0 Å². The van der Waals surface area contributed by atoms with Crippen LogP contribution in [-0.2, 0) is 30.9 Å². The number of hydrogen-bond donors (Lipinski definition) is 0. The predicted octanol–water partition coefficient (Wildman–Crippen LogP) is 17.3. The van der Waals surface area contributed by atoms with Gasteiger partial charge in [0.05, 0.1) is 32.6 Å². The minimum absolute atomic E-state index is 0.200. The summed E-state index contributed by atoms with van der Waals surface area (Å²) in [6.45, 7) is 31.7. The molecule has 0 aliphatic carbocycles. The van der Waals surface area contributed by atoms with Crippen molar-refractivity contribution in [3.8, 4) is 11.6 Å². The number of azo groups is 2. The van der Waals surface area contributed by atoms with Gasteiger partial charge in [0.15, 0.2) is 34.6 Å². The second kappa shape index (κ2) is 32.7. The van der Waals surface area contributed by atoms with E-state index in [1.165, 1.54) is 6.33 Å². The van der Waals surface area contributed by atoms with Crippen molar-refractivity contribution < 1.29 is 16.8 Å². The number of benzene rings is 2. The molecule has 0 aliphatic rings. The Hall–Kier alpha value is -5.44. The van der Waals surface area contributed by atoms with E-state index in [1.54, 1.807) is 66.5 Å². The molecule has 5 rings (SSSR count). The summed E-state index contributed by atoms with van der Waals surface area (Å²) in [4.78, 5) is 13.8. The molecule has 4 unspecified atom stereocenters. The third kappa shape index (κ3) is 18.8. The van der Waals surface area contributed by atoms with Crippen molar-refractivity contribution >= 4 is 54.4 Å². The quantitative estimate of drug-likeness (QED) is 0.0349. The van der Waals surface area contributed by atoms with Crippen molar-refractivity contribution in [2.24, 2.45) is 44.1 Å². The third-order valence-corrected chi connectivity index (χ3v) is 20.1. The van der Waals surface area contributed by atoms with Gasteiger partial charge >= 0.3 is 0 Å². The number of sulfonamides is 2. The summed E-state index contributed by atoms with van der Waals surface area (Å²) in [7, 11) is -0.121. The molecule has 20 heteroatoms. The molecule has 0 saturated carbocycles. The van der Waals surface area contributed by atoms with Gasteiger partial charge in [-0.2, -0.15) is 38.4 Å². The van der Waals surface area contributed by atoms with E-state index < -0.39 is 30.9 Å². The SMILES string of the molecule is CCCCC(CC)CN(CC(CC)CCCC)S(=O)(=O)c1cccc(N=Nc2c(C(C)(C)C)nn(-c3cc(-n4nc(C(C)(C)C)c(N=Nc5cccc(S(=O)(=O)N(CC(CC)CCCC)CC(CC)CCCC)c5)c4N(C)C)ncn3)c2N(C)C)c1. The number of rotatable bonds is 36. The molecular weight excluding hydrogens is 1120 g/mol. The third-order valence-electron chi connectivity index (χ3n) is 16.5. The van der Waals surface area contributed by atoms with E-state index in [0.717, 1.165) is 103 Å². The van der Waals surface area contributed by atoms with Crippen molar-refractivity contribution in [2.75, 3.05) is 64.2 Å². The molecule has 5 aromatic rings. The van der Waals surface area contributed by atoms with Crippen molar-refractivity contribution in [3.05, 3.63) is 72.3 Å². The summed E-state index contributed by atoms with van der Waals surface area (Å²) < 4.78 is 66.2. The second-order valence-corrected chi connectivity index (χ2v) is 30.0. The Balaban J connectivity index is 1.59. The number of aromatic nitrogens is 6. The van der Waals surface area contributed by atoms with Crippen LogP contribution in [0, 0.1) is 23.7 Å². The zero-order chi connectivity index (χ0) is 63.6. The molecule has 0 amide bonds. The van der Waals surface area contributed by atoms with Crippen LogP contribution in [-0.4, -0.2) is 109 Å². The van der Waals surface area contributed by atoms with E-state index in [0.29, 0.717) is 83.6 Å². The monoisotopic (exact) mass is 1220 g/mol. The molecular formula is C66H108N14O4S2. The van der Waals surface area contributed by atoms with Gasteiger partial charge in [-0.25, -0.2) is 26.8 Å². The lowest BCUT2D eigenvalue weighted by molar-refractivity contribution is 0.270. The highest BCUT2D eigenvalue weighted by molar-refractivity contribution is 7.89. The highest BCUT2D eigenvalue weighted by atomic mass is 32.2. The molecule has 3 heterocycles. The van der Waals surface area contributed by atoms with Crippen LogP contribution >= 0.6 is 0 Å². The number of hydrogen-bond acceptors (Lipinski definition) is 14. The lowest BCUT2D eigenvalue weighted by Crippen LogP contribution is -2.39. The smallest absolute Gasteiger partial charge is 0.243 e. The molecule has 4 atom stereocenters. The summed E-state index contributed by atoms with van der Waals surface area (Å²) in [5.41, 5.74) is 2.09. The van der Waals surface area contributed by atoms with Crippen LogP contribution in [0.1, 0.15) is 211 Å².